The molecule has 0 unspecified atom stereocenters. The van der Waals surface area contributed by atoms with Crippen LogP contribution in [0.3, 0.4) is 0 Å². The minimum absolute atomic E-state index is 0.0274. The molecule has 1 aromatic carbocycles. The van der Waals surface area contributed by atoms with E-state index >= 15 is 0 Å². The number of Topliss-reactive ketones (excluding diaryl/α,β-unsaturated/α-hetero) is 1. The summed E-state index contributed by atoms with van der Waals surface area (Å²) in [5.74, 6) is 0.815. The predicted octanol–water partition coefficient (Wildman–Crippen LogP) is 2.43. The number of carbonyl (C=O) groups excluding carboxylic acids is 1. The summed E-state index contributed by atoms with van der Waals surface area (Å²) in [6, 6.07) is 7.26. The maximum Gasteiger partial charge on any atom is 0.188 e. The maximum atomic E-state index is 12.0. The fraction of sp³-hybridized carbons (Fsp3) is 0.562. The van der Waals surface area contributed by atoms with Crippen LogP contribution >= 0.6 is 0 Å². The Labute approximate surface area is 120 Å². The van der Waals surface area contributed by atoms with E-state index in [1.165, 1.54) is 0 Å². The van der Waals surface area contributed by atoms with E-state index in [4.69, 9.17) is 9.47 Å². The average molecular weight is 277 g/mol. The highest BCUT2D eigenvalue weighted by Gasteiger charge is 2.15. The lowest BCUT2D eigenvalue weighted by molar-refractivity contribution is 0.0317. The molecule has 0 amide bonds. The second-order valence-electron chi connectivity index (χ2n) is 5.37. The van der Waals surface area contributed by atoms with Crippen molar-refractivity contribution in [2.45, 2.75) is 38.9 Å². The predicted molar refractivity (Wildman–Crippen MR) is 78.4 cm³/mol. The molecule has 0 spiro atoms. The van der Waals surface area contributed by atoms with Crippen LogP contribution in [0.15, 0.2) is 24.3 Å². The van der Waals surface area contributed by atoms with E-state index in [0.29, 0.717) is 5.56 Å². The van der Waals surface area contributed by atoms with Crippen molar-refractivity contribution in [3.05, 3.63) is 29.8 Å². The molecule has 1 aliphatic heterocycles. The molecule has 110 valence electrons. The molecule has 1 heterocycles. The molecular formula is C16H23NO3. The quantitative estimate of drug-likeness (QED) is 0.811. The topological polar surface area (TPSA) is 47.6 Å². The Morgan fingerprint density at radius 1 is 1.25 bits per heavy atom. The van der Waals surface area contributed by atoms with E-state index in [1.54, 1.807) is 12.1 Å². The van der Waals surface area contributed by atoms with Gasteiger partial charge >= 0.3 is 0 Å². The third-order valence-electron chi connectivity index (χ3n) is 3.28. The summed E-state index contributed by atoms with van der Waals surface area (Å²) in [5, 5.41) is 3.28. The van der Waals surface area contributed by atoms with E-state index in [0.717, 1.165) is 31.7 Å². The standard InChI is InChI=1S/C16H23NO3/c1-12(2)20-15-5-3-13(4-6-15)16(18)11-19-14-7-9-17-10-8-14/h3-6,12,14,17H,7-11H2,1-2H3. The molecule has 1 fully saturated rings. The number of rotatable bonds is 6. The summed E-state index contributed by atoms with van der Waals surface area (Å²) in [4.78, 5) is 12.0. The van der Waals surface area contributed by atoms with E-state index in [1.807, 2.05) is 26.0 Å². The van der Waals surface area contributed by atoms with E-state index in [9.17, 15) is 4.79 Å². The number of hydrogen-bond acceptors (Lipinski definition) is 4. The first-order chi connectivity index (χ1) is 9.65. The number of nitrogens with one attached hydrogen (secondary N) is 1. The van der Waals surface area contributed by atoms with E-state index in [-0.39, 0.29) is 24.6 Å². The van der Waals surface area contributed by atoms with Gasteiger partial charge in [0, 0.05) is 5.56 Å². The molecule has 0 aliphatic carbocycles. The Morgan fingerprint density at radius 2 is 1.90 bits per heavy atom. The molecule has 20 heavy (non-hydrogen) atoms. The van der Waals surface area contributed by atoms with Crippen molar-refractivity contribution >= 4 is 5.78 Å². The lowest BCUT2D eigenvalue weighted by Gasteiger charge is -2.22. The first-order valence-electron chi connectivity index (χ1n) is 7.27. The van der Waals surface area contributed by atoms with Gasteiger partial charge in [-0.1, -0.05) is 0 Å². The largest absolute Gasteiger partial charge is 0.491 e. The second-order valence-corrected chi connectivity index (χ2v) is 5.37. The van der Waals surface area contributed by atoms with Crippen LogP contribution in [0.25, 0.3) is 0 Å². The smallest absolute Gasteiger partial charge is 0.188 e. The Kier molecular flexibility index (Phi) is 5.56. The molecule has 4 nitrogen and oxygen atoms in total. The third kappa shape index (κ3) is 4.62. The highest BCUT2D eigenvalue weighted by Crippen LogP contribution is 2.15. The van der Waals surface area contributed by atoms with Gasteiger partial charge in [-0.2, -0.15) is 0 Å². The van der Waals surface area contributed by atoms with Crippen LogP contribution in [0.1, 0.15) is 37.0 Å². The van der Waals surface area contributed by atoms with Crippen LogP contribution in [0.2, 0.25) is 0 Å². The highest BCUT2D eigenvalue weighted by atomic mass is 16.5. The Balaban J connectivity index is 1.82. The van der Waals surface area contributed by atoms with Crippen molar-refractivity contribution in [3.8, 4) is 5.75 Å². The molecular weight excluding hydrogens is 254 g/mol. The molecule has 2 rings (SSSR count). The first-order valence-corrected chi connectivity index (χ1v) is 7.27. The molecule has 4 heteroatoms. The lowest BCUT2D eigenvalue weighted by Crippen LogP contribution is -2.33. The maximum absolute atomic E-state index is 12.0. The van der Waals surface area contributed by atoms with Crippen LogP contribution in [-0.2, 0) is 4.74 Å². The number of hydrogen-bond donors (Lipinski definition) is 1. The van der Waals surface area contributed by atoms with Crippen molar-refractivity contribution in [2.24, 2.45) is 0 Å². The zero-order valence-electron chi connectivity index (χ0n) is 12.2. The minimum Gasteiger partial charge on any atom is -0.491 e. The molecule has 1 aromatic rings. The van der Waals surface area contributed by atoms with Crippen LogP contribution < -0.4 is 10.1 Å². The summed E-state index contributed by atoms with van der Waals surface area (Å²) >= 11 is 0. The summed E-state index contributed by atoms with van der Waals surface area (Å²) < 4.78 is 11.2. The van der Waals surface area contributed by atoms with Gasteiger partial charge in [-0.3, -0.25) is 4.79 Å². The fourth-order valence-corrected chi connectivity index (χ4v) is 2.23. The molecule has 0 radical (unpaired) electrons. The van der Waals surface area contributed by atoms with Gasteiger partial charge in [0.25, 0.3) is 0 Å². The van der Waals surface area contributed by atoms with Gasteiger partial charge in [-0.15, -0.1) is 0 Å². The zero-order valence-corrected chi connectivity index (χ0v) is 12.2. The van der Waals surface area contributed by atoms with Gasteiger partial charge in [-0.05, 0) is 64.0 Å². The normalized spacial score (nSPS) is 16.4. The van der Waals surface area contributed by atoms with Crippen molar-refractivity contribution < 1.29 is 14.3 Å². The van der Waals surface area contributed by atoms with Crippen LogP contribution in [0, 0.1) is 0 Å². The molecule has 0 aromatic heterocycles. The van der Waals surface area contributed by atoms with Crippen LogP contribution in [0.4, 0.5) is 0 Å². The van der Waals surface area contributed by atoms with Crippen molar-refractivity contribution in [1.82, 2.24) is 5.32 Å². The summed E-state index contributed by atoms with van der Waals surface area (Å²) in [7, 11) is 0. The molecule has 1 N–H and O–H groups in total. The summed E-state index contributed by atoms with van der Waals surface area (Å²) in [5.41, 5.74) is 0.676. The average Bonchev–Trinajstić information content (AvgIpc) is 2.46. The zero-order chi connectivity index (χ0) is 14.4. The number of benzene rings is 1. The fourth-order valence-electron chi connectivity index (χ4n) is 2.23. The Hall–Kier alpha value is -1.39. The highest BCUT2D eigenvalue weighted by molar-refractivity contribution is 5.97. The van der Waals surface area contributed by atoms with Crippen LogP contribution in [-0.4, -0.2) is 37.7 Å². The van der Waals surface area contributed by atoms with Gasteiger partial charge in [-0.25, -0.2) is 0 Å². The molecule has 1 saturated heterocycles. The number of piperidine rings is 1. The van der Waals surface area contributed by atoms with Gasteiger partial charge in [0.1, 0.15) is 12.4 Å². The first kappa shape index (κ1) is 15.0. The van der Waals surface area contributed by atoms with Crippen molar-refractivity contribution in [2.75, 3.05) is 19.7 Å². The van der Waals surface area contributed by atoms with Gasteiger partial charge < -0.3 is 14.8 Å². The van der Waals surface area contributed by atoms with E-state index in [2.05, 4.69) is 5.32 Å². The van der Waals surface area contributed by atoms with Crippen molar-refractivity contribution in [3.63, 3.8) is 0 Å². The lowest BCUT2D eigenvalue weighted by atomic mass is 10.1. The Bertz CT molecular complexity index is 422. The summed E-state index contributed by atoms with van der Waals surface area (Å²) in [6.45, 7) is 6.06. The Morgan fingerprint density at radius 3 is 2.50 bits per heavy atom. The molecule has 0 bridgehead atoms. The van der Waals surface area contributed by atoms with Crippen LogP contribution in [0.5, 0.6) is 5.75 Å². The van der Waals surface area contributed by atoms with Crippen molar-refractivity contribution in [1.29, 1.82) is 0 Å². The van der Waals surface area contributed by atoms with Gasteiger partial charge in [0.15, 0.2) is 5.78 Å². The second kappa shape index (κ2) is 7.41. The monoisotopic (exact) mass is 277 g/mol. The molecule has 0 saturated carbocycles. The number of ketones is 1. The molecule has 1 aliphatic rings. The number of ether oxygens (including phenoxy) is 2. The minimum atomic E-state index is 0.0274. The SMILES string of the molecule is CC(C)Oc1ccc(C(=O)COC2CCNCC2)cc1. The summed E-state index contributed by atoms with van der Waals surface area (Å²) in [6.07, 6.45) is 2.31. The van der Waals surface area contributed by atoms with E-state index < -0.39 is 0 Å². The molecule has 0 atom stereocenters. The third-order valence-corrected chi connectivity index (χ3v) is 3.28. The van der Waals surface area contributed by atoms with Gasteiger partial charge in [0.05, 0.1) is 12.2 Å². The van der Waals surface area contributed by atoms with Gasteiger partial charge in [0.2, 0.25) is 0 Å². The number of carbonyl (C=O) groups is 1.